The Bertz CT molecular complexity index is 636. The highest BCUT2D eigenvalue weighted by Crippen LogP contribution is 2.36. The van der Waals surface area contributed by atoms with Crippen LogP contribution in [0.3, 0.4) is 0 Å². The van der Waals surface area contributed by atoms with Gasteiger partial charge in [0.2, 0.25) is 0 Å². The monoisotopic (exact) mass is 309 g/mol. The molecule has 5 heteroatoms. The van der Waals surface area contributed by atoms with Gasteiger partial charge in [0, 0.05) is 6.92 Å². The van der Waals surface area contributed by atoms with E-state index in [0.29, 0.717) is 27.2 Å². The fourth-order valence-corrected chi connectivity index (χ4v) is 2.23. The lowest BCUT2D eigenvalue weighted by molar-refractivity contribution is -0.131. The van der Waals surface area contributed by atoms with Gasteiger partial charge in [-0.25, -0.2) is 0 Å². The van der Waals surface area contributed by atoms with Crippen LogP contribution in [0.5, 0.6) is 5.75 Å². The lowest BCUT2D eigenvalue weighted by Crippen LogP contribution is -2.04. The molecule has 0 fully saturated rings. The van der Waals surface area contributed by atoms with Crippen LogP contribution in [0.15, 0.2) is 36.4 Å². The van der Waals surface area contributed by atoms with Crippen molar-refractivity contribution in [1.29, 1.82) is 0 Å². The minimum Gasteiger partial charge on any atom is -0.424 e. The van der Waals surface area contributed by atoms with Gasteiger partial charge in [-0.05, 0) is 36.8 Å². The maximum atomic E-state index is 11.1. The van der Waals surface area contributed by atoms with Gasteiger partial charge in [-0.2, -0.15) is 0 Å². The van der Waals surface area contributed by atoms with Gasteiger partial charge in [0.25, 0.3) is 0 Å². The third-order valence-corrected chi connectivity index (χ3v) is 3.24. The highest BCUT2D eigenvalue weighted by Gasteiger charge is 2.11. The number of aryl methyl sites for hydroxylation is 1. The van der Waals surface area contributed by atoms with Crippen molar-refractivity contribution in [2.75, 3.05) is 5.32 Å². The van der Waals surface area contributed by atoms with Gasteiger partial charge in [0.15, 0.2) is 5.75 Å². The quantitative estimate of drug-likeness (QED) is 0.642. The molecule has 104 valence electrons. The molecule has 2 rings (SSSR count). The molecule has 0 unspecified atom stereocenters. The number of hydrogen-bond donors (Lipinski definition) is 1. The van der Waals surface area contributed by atoms with Crippen LogP contribution in [0.1, 0.15) is 12.5 Å². The Morgan fingerprint density at radius 1 is 1.15 bits per heavy atom. The summed E-state index contributed by atoms with van der Waals surface area (Å²) >= 11 is 12.2. The number of ether oxygens (including phenoxy) is 1. The van der Waals surface area contributed by atoms with Crippen molar-refractivity contribution in [2.24, 2.45) is 0 Å². The van der Waals surface area contributed by atoms with Crippen molar-refractivity contribution >= 4 is 40.5 Å². The van der Waals surface area contributed by atoms with E-state index in [9.17, 15) is 4.79 Å². The van der Waals surface area contributed by atoms with Crippen molar-refractivity contribution in [2.45, 2.75) is 13.8 Å². The molecule has 0 atom stereocenters. The lowest BCUT2D eigenvalue weighted by Gasteiger charge is -2.14. The molecule has 0 radical (unpaired) electrons. The Morgan fingerprint density at radius 3 is 2.40 bits per heavy atom. The number of carbonyl (C=O) groups excluding carboxylic acids is 1. The molecule has 0 aromatic heterocycles. The fourth-order valence-electron chi connectivity index (χ4n) is 1.74. The van der Waals surface area contributed by atoms with E-state index in [1.54, 1.807) is 24.3 Å². The van der Waals surface area contributed by atoms with Crippen LogP contribution in [-0.2, 0) is 4.79 Å². The first-order chi connectivity index (χ1) is 9.47. The molecular formula is C15H13Cl2NO2. The first-order valence-corrected chi connectivity index (χ1v) is 6.73. The minimum absolute atomic E-state index is 0.387. The van der Waals surface area contributed by atoms with E-state index in [2.05, 4.69) is 5.32 Å². The molecule has 2 aromatic rings. The van der Waals surface area contributed by atoms with Crippen LogP contribution < -0.4 is 10.1 Å². The number of para-hydroxylation sites is 1. The predicted molar refractivity (Wildman–Crippen MR) is 82.2 cm³/mol. The summed E-state index contributed by atoms with van der Waals surface area (Å²) in [5, 5.41) is 4.10. The van der Waals surface area contributed by atoms with E-state index >= 15 is 0 Å². The second-order valence-corrected chi connectivity index (χ2v) is 5.13. The summed E-state index contributed by atoms with van der Waals surface area (Å²) in [6.45, 7) is 3.29. The maximum Gasteiger partial charge on any atom is 0.308 e. The first-order valence-electron chi connectivity index (χ1n) is 5.97. The van der Waals surface area contributed by atoms with Crippen molar-refractivity contribution < 1.29 is 9.53 Å². The topological polar surface area (TPSA) is 38.3 Å². The number of nitrogens with one attached hydrogen (secondary N) is 1. The van der Waals surface area contributed by atoms with Crippen LogP contribution in [0.2, 0.25) is 10.0 Å². The van der Waals surface area contributed by atoms with Crippen molar-refractivity contribution in [1.82, 2.24) is 0 Å². The van der Waals surface area contributed by atoms with Gasteiger partial charge >= 0.3 is 5.97 Å². The van der Waals surface area contributed by atoms with E-state index in [1.165, 1.54) is 6.92 Å². The average molecular weight is 310 g/mol. The smallest absolute Gasteiger partial charge is 0.308 e. The summed E-state index contributed by atoms with van der Waals surface area (Å²) in [4.78, 5) is 11.1. The Hall–Kier alpha value is -1.71. The van der Waals surface area contributed by atoms with E-state index in [4.69, 9.17) is 27.9 Å². The molecule has 0 saturated carbocycles. The number of rotatable bonds is 3. The van der Waals surface area contributed by atoms with Crippen LogP contribution in [0, 0.1) is 6.92 Å². The zero-order chi connectivity index (χ0) is 14.7. The third kappa shape index (κ3) is 3.44. The molecular weight excluding hydrogens is 297 g/mol. The molecule has 0 aliphatic rings. The van der Waals surface area contributed by atoms with Crippen LogP contribution in [0.25, 0.3) is 0 Å². The summed E-state index contributed by atoms with van der Waals surface area (Å²) in [6, 6.07) is 10.7. The summed E-state index contributed by atoms with van der Waals surface area (Å²) in [7, 11) is 0. The molecule has 2 aromatic carbocycles. The van der Waals surface area contributed by atoms with Gasteiger partial charge in [0.1, 0.15) is 0 Å². The molecule has 3 nitrogen and oxygen atoms in total. The van der Waals surface area contributed by atoms with E-state index in [1.807, 2.05) is 19.1 Å². The normalized spacial score (nSPS) is 10.2. The van der Waals surface area contributed by atoms with E-state index in [0.717, 1.165) is 5.56 Å². The van der Waals surface area contributed by atoms with Gasteiger partial charge in [0.05, 0.1) is 21.4 Å². The van der Waals surface area contributed by atoms with Gasteiger partial charge in [-0.1, -0.05) is 35.3 Å². The highest BCUT2D eigenvalue weighted by atomic mass is 35.5. The summed E-state index contributed by atoms with van der Waals surface area (Å²) in [5.74, 6) is 0.0428. The second kappa shape index (κ2) is 6.16. The van der Waals surface area contributed by atoms with Crippen LogP contribution in [-0.4, -0.2) is 5.97 Å². The number of hydrogen-bond acceptors (Lipinski definition) is 3. The van der Waals surface area contributed by atoms with Crippen LogP contribution >= 0.6 is 23.2 Å². The SMILES string of the molecule is CC(=O)Oc1ccc(C)cc1Nc1c(Cl)cccc1Cl. The molecule has 0 amide bonds. The Morgan fingerprint density at radius 2 is 1.80 bits per heavy atom. The Balaban J connectivity index is 2.42. The second-order valence-electron chi connectivity index (χ2n) is 4.31. The van der Waals surface area contributed by atoms with Crippen molar-refractivity contribution in [3.05, 3.63) is 52.0 Å². The lowest BCUT2D eigenvalue weighted by atomic mass is 10.2. The number of halogens is 2. The van der Waals surface area contributed by atoms with Crippen molar-refractivity contribution in [3.63, 3.8) is 0 Å². The Kier molecular flexibility index (Phi) is 4.53. The van der Waals surface area contributed by atoms with E-state index < -0.39 is 0 Å². The standard InChI is InChI=1S/C15H13Cl2NO2/c1-9-6-7-14(20-10(2)19)13(8-9)18-15-11(16)4-3-5-12(15)17/h3-8,18H,1-2H3. The highest BCUT2D eigenvalue weighted by molar-refractivity contribution is 6.39. The zero-order valence-corrected chi connectivity index (χ0v) is 12.5. The summed E-state index contributed by atoms with van der Waals surface area (Å²) in [6.07, 6.45) is 0. The van der Waals surface area contributed by atoms with Crippen molar-refractivity contribution in [3.8, 4) is 5.75 Å². The number of benzene rings is 2. The third-order valence-electron chi connectivity index (χ3n) is 2.61. The van der Waals surface area contributed by atoms with Gasteiger partial charge < -0.3 is 10.1 Å². The molecule has 0 saturated heterocycles. The molecule has 0 bridgehead atoms. The minimum atomic E-state index is -0.387. The van der Waals surface area contributed by atoms with Gasteiger partial charge in [-0.3, -0.25) is 4.79 Å². The maximum absolute atomic E-state index is 11.1. The average Bonchev–Trinajstić information content (AvgIpc) is 2.36. The molecule has 1 N–H and O–H groups in total. The molecule has 0 heterocycles. The summed E-state index contributed by atoms with van der Waals surface area (Å²) in [5.41, 5.74) is 2.23. The first kappa shape index (κ1) is 14.7. The largest absolute Gasteiger partial charge is 0.424 e. The molecule has 0 aliphatic carbocycles. The fraction of sp³-hybridized carbons (Fsp3) is 0.133. The molecule has 20 heavy (non-hydrogen) atoms. The van der Waals surface area contributed by atoms with E-state index in [-0.39, 0.29) is 5.97 Å². The number of carbonyl (C=O) groups is 1. The molecule has 0 spiro atoms. The summed E-state index contributed by atoms with van der Waals surface area (Å²) < 4.78 is 5.16. The number of anilines is 2. The predicted octanol–water partition coefficient (Wildman–Crippen LogP) is 4.97. The Labute approximate surface area is 127 Å². The number of esters is 1. The zero-order valence-electron chi connectivity index (χ0n) is 11.0. The van der Waals surface area contributed by atoms with Crippen LogP contribution in [0.4, 0.5) is 11.4 Å². The van der Waals surface area contributed by atoms with Gasteiger partial charge in [-0.15, -0.1) is 0 Å². The molecule has 0 aliphatic heterocycles.